The summed E-state index contributed by atoms with van der Waals surface area (Å²) in [6.07, 6.45) is -0.0203. The van der Waals surface area contributed by atoms with E-state index in [0.717, 1.165) is 18.7 Å². The lowest BCUT2D eigenvalue weighted by Crippen LogP contribution is -2.46. The first kappa shape index (κ1) is 13.7. The van der Waals surface area contributed by atoms with Gasteiger partial charge < -0.3 is 15.0 Å². The van der Waals surface area contributed by atoms with E-state index in [1.807, 2.05) is 7.05 Å². The summed E-state index contributed by atoms with van der Waals surface area (Å²) in [6.45, 7) is 2.41. The maximum atomic E-state index is 13.4. The average molecular weight is 273 g/mol. The Kier molecular flexibility index (Phi) is 4.56. The summed E-state index contributed by atoms with van der Waals surface area (Å²) < 4.78 is 19.1. The van der Waals surface area contributed by atoms with Crippen molar-refractivity contribution in [2.24, 2.45) is 0 Å². The van der Waals surface area contributed by atoms with Crippen LogP contribution in [0.2, 0.25) is 5.02 Å². The molecule has 5 heteroatoms. The van der Waals surface area contributed by atoms with Crippen molar-refractivity contribution in [2.45, 2.75) is 12.1 Å². The summed E-state index contributed by atoms with van der Waals surface area (Å²) in [5, 5.41) is 3.74. The Morgan fingerprint density at radius 1 is 1.56 bits per heavy atom. The zero-order valence-corrected chi connectivity index (χ0v) is 11.4. The zero-order chi connectivity index (χ0) is 13.1. The van der Waals surface area contributed by atoms with Gasteiger partial charge in [-0.15, -0.1) is 0 Å². The molecule has 1 saturated heterocycles. The molecule has 0 radical (unpaired) electrons. The Hall–Kier alpha value is -0.680. The molecule has 0 saturated carbocycles. The number of nitrogens with one attached hydrogen (secondary N) is 1. The summed E-state index contributed by atoms with van der Waals surface area (Å²) in [4.78, 5) is 2.20. The molecule has 1 aliphatic heterocycles. The van der Waals surface area contributed by atoms with Crippen molar-refractivity contribution in [3.8, 4) is 0 Å². The standard InChI is InChI=1S/C13H18ClFN2O/c1-16-13(12-8-17(2)5-6-18-12)10-7-9(15)3-4-11(10)14/h3-4,7,12-13,16H,5-6,8H2,1-2H3. The van der Waals surface area contributed by atoms with E-state index >= 15 is 0 Å². The quantitative estimate of drug-likeness (QED) is 0.912. The number of morpholine rings is 1. The molecule has 3 nitrogen and oxygen atoms in total. The van der Waals surface area contributed by atoms with Gasteiger partial charge in [0, 0.05) is 18.1 Å². The van der Waals surface area contributed by atoms with Gasteiger partial charge in [-0.3, -0.25) is 0 Å². The number of benzene rings is 1. The third-order valence-electron chi connectivity index (χ3n) is 3.27. The lowest BCUT2D eigenvalue weighted by Gasteiger charge is -2.35. The van der Waals surface area contributed by atoms with Crippen LogP contribution in [-0.4, -0.2) is 44.8 Å². The Labute approximate surface area is 112 Å². The highest BCUT2D eigenvalue weighted by molar-refractivity contribution is 6.31. The van der Waals surface area contributed by atoms with Gasteiger partial charge >= 0.3 is 0 Å². The highest BCUT2D eigenvalue weighted by Crippen LogP contribution is 2.28. The summed E-state index contributed by atoms with van der Waals surface area (Å²) in [7, 11) is 3.89. The van der Waals surface area contributed by atoms with E-state index in [2.05, 4.69) is 17.3 Å². The number of rotatable bonds is 3. The van der Waals surface area contributed by atoms with Crippen LogP contribution in [0, 0.1) is 5.82 Å². The fourth-order valence-electron chi connectivity index (χ4n) is 2.31. The molecule has 100 valence electrons. The fraction of sp³-hybridized carbons (Fsp3) is 0.538. The molecular weight excluding hydrogens is 255 g/mol. The Bertz CT molecular complexity index is 416. The molecular formula is C13H18ClFN2O. The van der Waals surface area contributed by atoms with E-state index in [9.17, 15) is 4.39 Å². The number of hydrogen-bond acceptors (Lipinski definition) is 3. The Morgan fingerprint density at radius 3 is 3.00 bits per heavy atom. The second-order valence-corrected chi connectivity index (χ2v) is 5.01. The largest absolute Gasteiger partial charge is 0.374 e. The average Bonchev–Trinajstić information content (AvgIpc) is 2.35. The van der Waals surface area contributed by atoms with Crippen LogP contribution in [0.25, 0.3) is 0 Å². The first-order valence-electron chi connectivity index (χ1n) is 6.04. The van der Waals surface area contributed by atoms with Crippen LogP contribution in [0.5, 0.6) is 0 Å². The predicted octanol–water partition coefficient (Wildman–Crippen LogP) is 2.07. The van der Waals surface area contributed by atoms with Crippen molar-refractivity contribution >= 4 is 11.6 Å². The Balaban J connectivity index is 2.24. The molecule has 1 N–H and O–H groups in total. The summed E-state index contributed by atoms with van der Waals surface area (Å²) in [5.74, 6) is -0.279. The SMILES string of the molecule is CNC(c1cc(F)ccc1Cl)C1CN(C)CCO1. The second-order valence-electron chi connectivity index (χ2n) is 4.60. The molecule has 1 aliphatic rings. The topological polar surface area (TPSA) is 24.5 Å². The molecule has 2 rings (SSSR count). The minimum atomic E-state index is -0.279. The van der Waals surface area contributed by atoms with Gasteiger partial charge in [-0.25, -0.2) is 4.39 Å². The highest BCUT2D eigenvalue weighted by Gasteiger charge is 2.28. The van der Waals surface area contributed by atoms with E-state index in [4.69, 9.17) is 16.3 Å². The molecule has 0 bridgehead atoms. The van der Waals surface area contributed by atoms with Crippen LogP contribution in [-0.2, 0) is 4.74 Å². The molecule has 0 aliphatic carbocycles. The predicted molar refractivity (Wildman–Crippen MR) is 70.4 cm³/mol. The van der Waals surface area contributed by atoms with Crippen LogP contribution in [0.15, 0.2) is 18.2 Å². The normalized spacial score (nSPS) is 23.0. The van der Waals surface area contributed by atoms with Gasteiger partial charge in [0.05, 0.1) is 18.8 Å². The van der Waals surface area contributed by atoms with Crippen molar-refractivity contribution in [2.75, 3.05) is 33.8 Å². The van der Waals surface area contributed by atoms with Crippen molar-refractivity contribution < 1.29 is 9.13 Å². The molecule has 0 amide bonds. The maximum absolute atomic E-state index is 13.4. The second kappa shape index (κ2) is 5.97. The van der Waals surface area contributed by atoms with E-state index < -0.39 is 0 Å². The first-order valence-corrected chi connectivity index (χ1v) is 6.42. The molecule has 2 unspecified atom stereocenters. The van der Waals surface area contributed by atoms with Crippen LogP contribution < -0.4 is 5.32 Å². The van der Waals surface area contributed by atoms with Crippen LogP contribution >= 0.6 is 11.6 Å². The lowest BCUT2D eigenvalue weighted by molar-refractivity contribution is -0.0380. The van der Waals surface area contributed by atoms with Gasteiger partial charge in [-0.2, -0.15) is 0 Å². The maximum Gasteiger partial charge on any atom is 0.123 e. The molecule has 1 fully saturated rings. The smallest absolute Gasteiger partial charge is 0.123 e. The van der Waals surface area contributed by atoms with Crippen molar-refractivity contribution in [1.82, 2.24) is 10.2 Å². The summed E-state index contributed by atoms with van der Waals surface area (Å²) in [5.41, 5.74) is 0.750. The number of ether oxygens (including phenoxy) is 1. The summed E-state index contributed by atoms with van der Waals surface area (Å²) in [6, 6.07) is 4.33. The van der Waals surface area contributed by atoms with Gasteiger partial charge in [-0.1, -0.05) is 11.6 Å². The molecule has 2 atom stereocenters. The van der Waals surface area contributed by atoms with Gasteiger partial charge in [0.2, 0.25) is 0 Å². The highest BCUT2D eigenvalue weighted by atomic mass is 35.5. The van der Waals surface area contributed by atoms with E-state index in [0.29, 0.717) is 11.6 Å². The minimum Gasteiger partial charge on any atom is -0.374 e. The van der Waals surface area contributed by atoms with Crippen LogP contribution in [0.3, 0.4) is 0 Å². The number of likely N-dealkylation sites (N-methyl/N-ethyl adjacent to an activating group) is 2. The molecule has 1 aromatic carbocycles. The van der Waals surface area contributed by atoms with E-state index in [1.165, 1.54) is 12.1 Å². The zero-order valence-electron chi connectivity index (χ0n) is 10.6. The number of hydrogen-bond donors (Lipinski definition) is 1. The molecule has 1 heterocycles. The van der Waals surface area contributed by atoms with Crippen molar-refractivity contribution in [1.29, 1.82) is 0 Å². The molecule has 0 aromatic heterocycles. The van der Waals surface area contributed by atoms with Crippen molar-refractivity contribution in [3.63, 3.8) is 0 Å². The van der Waals surface area contributed by atoms with E-state index in [-0.39, 0.29) is 18.0 Å². The monoisotopic (exact) mass is 272 g/mol. The van der Waals surface area contributed by atoms with Crippen LogP contribution in [0.1, 0.15) is 11.6 Å². The van der Waals surface area contributed by atoms with Crippen LogP contribution in [0.4, 0.5) is 4.39 Å². The number of nitrogens with zero attached hydrogens (tertiary/aromatic N) is 1. The third-order valence-corrected chi connectivity index (χ3v) is 3.62. The lowest BCUT2D eigenvalue weighted by atomic mass is 10.00. The van der Waals surface area contributed by atoms with Gasteiger partial charge in [0.1, 0.15) is 5.82 Å². The molecule has 1 aromatic rings. The number of halogens is 2. The molecule has 0 spiro atoms. The van der Waals surface area contributed by atoms with Crippen molar-refractivity contribution in [3.05, 3.63) is 34.6 Å². The Morgan fingerprint density at radius 2 is 2.33 bits per heavy atom. The minimum absolute atomic E-state index is 0.0203. The summed E-state index contributed by atoms with van der Waals surface area (Å²) >= 11 is 6.15. The van der Waals surface area contributed by atoms with Gasteiger partial charge in [-0.05, 0) is 37.9 Å². The van der Waals surface area contributed by atoms with Gasteiger partial charge in [0.15, 0.2) is 0 Å². The fourth-order valence-corrected chi connectivity index (χ4v) is 2.54. The first-order chi connectivity index (χ1) is 8.61. The molecule has 18 heavy (non-hydrogen) atoms. The third kappa shape index (κ3) is 3.01. The van der Waals surface area contributed by atoms with Gasteiger partial charge in [0.25, 0.3) is 0 Å². The van der Waals surface area contributed by atoms with E-state index in [1.54, 1.807) is 6.07 Å².